The van der Waals surface area contributed by atoms with Gasteiger partial charge in [-0.3, -0.25) is 4.79 Å². The van der Waals surface area contributed by atoms with Gasteiger partial charge in [-0.15, -0.1) is 0 Å². The van der Waals surface area contributed by atoms with Gasteiger partial charge in [-0.1, -0.05) is 42.0 Å². The molecule has 0 spiro atoms. The van der Waals surface area contributed by atoms with E-state index in [0.717, 1.165) is 5.56 Å². The van der Waals surface area contributed by atoms with Gasteiger partial charge in [0.05, 0.1) is 24.7 Å². The van der Waals surface area contributed by atoms with E-state index in [0.29, 0.717) is 30.4 Å². The maximum Gasteiger partial charge on any atom is 0.275 e. The summed E-state index contributed by atoms with van der Waals surface area (Å²) < 4.78 is 5.51. The largest absolute Gasteiger partial charge is 0.492 e. The zero-order valence-electron chi connectivity index (χ0n) is 15.4. The lowest BCUT2D eigenvalue weighted by Crippen LogP contribution is -2.15. The number of aryl methyl sites for hydroxylation is 1. The topological polar surface area (TPSA) is 76.1 Å². The van der Waals surface area contributed by atoms with Gasteiger partial charge in [0.1, 0.15) is 17.3 Å². The van der Waals surface area contributed by atoms with Crippen molar-refractivity contribution in [1.82, 2.24) is 9.97 Å². The second kappa shape index (κ2) is 8.80. The van der Waals surface area contributed by atoms with Crippen molar-refractivity contribution in [1.29, 1.82) is 0 Å². The number of benzene rings is 2. The summed E-state index contributed by atoms with van der Waals surface area (Å²) in [6, 6.07) is 15.5. The molecule has 0 unspecified atom stereocenters. The predicted octanol–water partition coefficient (Wildman–Crippen LogP) is 4.05. The summed E-state index contributed by atoms with van der Waals surface area (Å²) in [7, 11) is 0. The van der Waals surface area contributed by atoms with Gasteiger partial charge < -0.3 is 15.4 Å². The van der Waals surface area contributed by atoms with E-state index >= 15 is 0 Å². The van der Waals surface area contributed by atoms with E-state index < -0.39 is 0 Å². The Kier molecular flexibility index (Phi) is 5.99. The lowest BCUT2D eigenvalue weighted by molar-refractivity contribution is 0.102. The highest BCUT2D eigenvalue weighted by molar-refractivity contribution is 6.03. The molecule has 1 amide bonds. The van der Waals surface area contributed by atoms with Crippen molar-refractivity contribution in [2.45, 2.75) is 20.4 Å². The van der Waals surface area contributed by atoms with Crippen LogP contribution < -0.4 is 15.4 Å². The van der Waals surface area contributed by atoms with Gasteiger partial charge in [0, 0.05) is 6.54 Å². The number of ether oxygens (including phenoxy) is 1. The van der Waals surface area contributed by atoms with Gasteiger partial charge in [-0.2, -0.15) is 0 Å². The summed E-state index contributed by atoms with van der Waals surface area (Å²) in [5, 5.41) is 6.01. The fraction of sp³-hybridized carbons (Fsp3) is 0.190. The number of amides is 1. The van der Waals surface area contributed by atoms with Crippen molar-refractivity contribution < 1.29 is 9.53 Å². The van der Waals surface area contributed by atoms with Crippen LogP contribution in [-0.4, -0.2) is 22.5 Å². The number of nitrogens with one attached hydrogen (secondary N) is 2. The highest BCUT2D eigenvalue weighted by atomic mass is 16.5. The number of hydrogen-bond acceptors (Lipinski definition) is 5. The van der Waals surface area contributed by atoms with Crippen molar-refractivity contribution in [2.24, 2.45) is 0 Å². The van der Waals surface area contributed by atoms with Crippen molar-refractivity contribution in [3.8, 4) is 5.75 Å². The molecule has 3 aromatic rings. The first kappa shape index (κ1) is 18.4. The van der Waals surface area contributed by atoms with Crippen LogP contribution in [0.25, 0.3) is 0 Å². The highest BCUT2D eigenvalue weighted by Gasteiger charge is 2.11. The standard InChI is InChI=1S/C21H22N4O2/c1-3-27-19-10-5-4-9-17(19)25-21(26)18-13-24-20(14-22-18)23-12-16-8-6-7-15(2)11-16/h4-11,13-14H,3,12H2,1-2H3,(H,23,24)(H,25,26). The van der Waals surface area contributed by atoms with E-state index in [4.69, 9.17) is 4.74 Å². The fourth-order valence-corrected chi connectivity index (χ4v) is 2.59. The maximum atomic E-state index is 12.4. The van der Waals surface area contributed by atoms with Crippen LogP contribution in [0.15, 0.2) is 60.9 Å². The van der Waals surface area contributed by atoms with E-state index in [9.17, 15) is 4.79 Å². The zero-order chi connectivity index (χ0) is 19.1. The SMILES string of the molecule is CCOc1ccccc1NC(=O)c1cnc(NCc2cccc(C)c2)cn1. The van der Waals surface area contributed by atoms with Gasteiger partial charge in [0.25, 0.3) is 5.91 Å². The van der Waals surface area contributed by atoms with Crippen LogP contribution in [0.1, 0.15) is 28.5 Å². The van der Waals surface area contributed by atoms with Crippen molar-refractivity contribution in [3.63, 3.8) is 0 Å². The van der Waals surface area contributed by atoms with Crippen LogP contribution in [0.5, 0.6) is 5.75 Å². The van der Waals surface area contributed by atoms with Gasteiger partial charge in [0.2, 0.25) is 0 Å². The van der Waals surface area contributed by atoms with E-state index in [2.05, 4.69) is 39.7 Å². The number of para-hydroxylation sites is 2. The summed E-state index contributed by atoms with van der Waals surface area (Å²) >= 11 is 0. The minimum atomic E-state index is -0.333. The third kappa shape index (κ3) is 5.04. The number of hydrogen-bond donors (Lipinski definition) is 2. The summed E-state index contributed by atoms with van der Waals surface area (Å²) in [6.45, 7) is 5.12. The number of carbonyl (C=O) groups excluding carboxylic acids is 1. The fourth-order valence-electron chi connectivity index (χ4n) is 2.59. The number of aromatic nitrogens is 2. The summed E-state index contributed by atoms with van der Waals surface area (Å²) in [5.74, 6) is 0.903. The molecule has 1 heterocycles. The molecule has 0 aliphatic rings. The minimum absolute atomic E-state index is 0.238. The quantitative estimate of drug-likeness (QED) is 0.663. The Morgan fingerprint density at radius 3 is 2.67 bits per heavy atom. The molecule has 2 N–H and O–H groups in total. The van der Waals surface area contributed by atoms with Crippen molar-refractivity contribution >= 4 is 17.4 Å². The molecule has 0 bridgehead atoms. The molecule has 0 radical (unpaired) electrons. The summed E-state index contributed by atoms with van der Waals surface area (Å²) in [4.78, 5) is 20.9. The molecule has 27 heavy (non-hydrogen) atoms. The Labute approximate surface area is 158 Å². The molecule has 1 aromatic heterocycles. The Morgan fingerprint density at radius 1 is 1.07 bits per heavy atom. The average Bonchev–Trinajstić information content (AvgIpc) is 2.68. The number of anilines is 2. The molecule has 0 saturated carbocycles. The smallest absolute Gasteiger partial charge is 0.275 e. The minimum Gasteiger partial charge on any atom is -0.492 e. The van der Waals surface area contributed by atoms with E-state index in [-0.39, 0.29) is 11.6 Å². The first-order valence-corrected chi connectivity index (χ1v) is 8.80. The van der Waals surface area contributed by atoms with Crippen LogP contribution in [0.3, 0.4) is 0 Å². The molecular formula is C21H22N4O2. The van der Waals surface area contributed by atoms with Crippen LogP contribution in [0, 0.1) is 6.92 Å². The lowest BCUT2D eigenvalue weighted by Gasteiger charge is -2.11. The molecule has 0 saturated heterocycles. The molecule has 0 aliphatic carbocycles. The molecule has 0 atom stereocenters. The normalized spacial score (nSPS) is 10.3. The Hall–Kier alpha value is -3.41. The van der Waals surface area contributed by atoms with Gasteiger partial charge in [0.15, 0.2) is 0 Å². The zero-order valence-corrected chi connectivity index (χ0v) is 15.4. The summed E-state index contributed by atoms with van der Waals surface area (Å²) in [6.07, 6.45) is 3.01. The van der Waals surface area contributed by atoms with Crippen molar-refractivity contribution in [2.75, 3.05) is 17.2 Å². The lowest BCUT2D eigenvalue weighted by atomic mass is 10.1. The number of carbonyl (C=O) groups is 1. The van der Waals surface area contributed by atoms with Crippen molar-refractivity contribution in [3.05, 3.63) is 77.7 Å². The average molecular weight is 362 g/mol. The molecule has 138 valence electrons. The van der Waals surface area contributed by atoms with E-state index in [1.807, 2.05) is 37.3 Å². The first-order chi connectivity index (χ1) is 13.2. The van der Waals surface area contributed by atoms with Crippen LogP contribution in [0.2, 0.25) is 0 Å². The van der Waals surface area contributed by atoms with Gasteiger partial charge in [-0.05, 0) is 31.5 Å². The molecule has 3 rings (SSSR count). The molecule has 2 aromatic carbocycles. The van der Waals surface area contributed by atoms with Gasteiger partial charge in [-0.25, -0.2) is 9.97 Å². The monoisotopic (exact) mass is 362 g/mol. The Morgan fingerprint density at radius 2 is 1.93 bits per heavy atom. The maximum absolute atomic E-state index is 12.4. The number of nitrogens with zero attached hydrogens (tertiary/aromatic N) is 2. The molecule has 6 heteroatoms. The first-order valence-electron chi connectivity index (χ1n) is 8.80. The van der Waals surface area contributed by atoms with Gasteiger partial charge >= 0.3 is 0 Å². The van der Waals surface area contributed by atoms with E-state index in [1.54, 1.807) is 12.3 Å². The summed E-state index contributed by atoms with van der Waals surface area (Å²) in [5.41, 5.74) is 3.21. The van der Waals surface area contributed by atoms with Crippen LogP contribution in [0.4, 0.5) is 11.5 Å². The Bertz CT molecular complexity index is 910. The Balaban J connectivity index is 1.62. The predicted molar refractivity (Wildman–Crippen MR) is 106 cm³/mol. The third-order valence-electron chi connectivity index (χ3n) is 3.88. The van der Waals surface area contributed by atoms with E-state index in [1.165, 1.54) is 11.8 Å². The molecule has 0 fully saturated rings. The highest BCUT2D eigenvalue weighted by Crippen LogP contribution is 2.24. The van der Waals surface area contributed by atoms with Crippen LogP contribution >= 0.6 is 0 Å². The molecule has 6 nitrogen and oxygen atoms in total. The second-order valence-corrected chi connectivity index (χ2v) is 6.01. The second-order valence-electron chi connectivity index (χ2n) is 6.01. The molecule has 0 aliphatic heterocycles. The third-order valence-corrected chi connectivity index (χ3v) is 3.88. The van der Waals surface area contributed by atoms with Crippen LogP contribution in [-0.2, 0) is 6.54 Å². The number of rotatable bonds is 7. The molecular weight excluding hydrogens is 340 g/mol.